The number of carbonyl (C=O) groups excluding carboxylic acids is 1. The molecular formula is C16H13ClF3NO2. The molecule has 7 heteroatoms. The van der Waals surface area contributed by atoms with Crippen molar-refractivity contribution >= 4 is 17.5 Å². The summed E-state index contributed by atoms with van der Waals surface area (Å²) in [6.45, 7) is 0. The highest BCUT2D eigenvalue weighted by atomic mass is 35.5. The van der Waals surface area contributed by atoms with Gasteiger partial charge in [-0.05, 0) is 36.6 Å². The summed E-state index contributed by atoms with van der Waals surface area (Å²) in [7, 11) is 0. The zero-order valence-electron chi connectivity index (χ0n) is 11.9. The molecule has 0 saturated heterocycles. The second-order valence-electron chi connectivity index (χ2n) is 5.48. The lowest BCUT2D eigenvalue weighted by Crippen LogP contribution is -2.45. The smallest absolute Gasteiger partial charge is 0.450 e. The number of alkyl halides is 3. The number of hydrogen-bond donors (Lipinski definition) is 1. The number of halogens is 4. The van der Waals surface area contributed by atoms with Crippen molar-refractivity contribution < 1.29 is 22.4 Å². The van der Waals surface area contributed by atoms with Gasteiger partial charge in [0.1, 0.15) is 0 Å². The van der Waals surface area contributed by atoms with Gasteiger partial charge >= 0.3 is 6.18 Å². The second-order valence-corrected chi connectivity index (χ2v) is 5.91. The minimum absolute atomic E-state index is 0.0810. The van der Waals surface area contributed by atoms with E-state index in [2.05, 4.69) is 9.73 Å². The fourth-order valence-corrected chi connectivity index (χ4v) is 2.86. The first-order valence-corrected chi connectivity index (χ1v) is 7.45. The number of rotatable bonds is 3. The molecule has 2 atom stereocenters. The van der Waals surface area contributed by atoms with Gasteiger partial charge in [0.25, 0.3) is 5.91 Å². The first-order valence-electron chi connectivity index (χ1n) is 7.07. The Morgan fingerprint density at radius 1 is 1.17 bits per heavy atom. The van der Waals surface area contributed by atoms with Crippen LogP contribution in [0.1, 0.15) is 40.4 Å². The number of furan rings is 1. The summed E-state index contributed by atoms with van der Waals surface area (Å²) < 4.78 is 42.7. The Morgan fingerprint density at radius 2 is 1.87 bits per heavy atom. The van der Waals surface area contributed by atoms with Gasteiger partial charge < -0.3 is 9.73 Å². The summed E-state index contributed by atoms with van der Waals surface area (Å²) in [5.74, 6) is -1.95. The summed E-state index contributed by atoms with van der Waals surface area (Å²) in [4.78, 5) is 12.1. The van der Waals surface area contributed by atoms with Crippen molar-refractivity contribution in [1.29, 1.82) is 0 Å². The molecule has 1 aromatic carbocycles. The summed E-state index contributed by atoms with van der Waals surface area (Å²) in [6.07, 6.45) is -2.23. The zero-order chi connectivity index (χ0) is 16.6. The van der Waals surface area contributed by atoms with Crippen LogP contribution in [0.2, 0.25) is 5.02 Å². The van der Waals surface area contributed by atoms with E-state index in [-0.39, 0.29) is 12.0 Å². The van der Waals surface area contributed by atoms with Gasteiger partial charge in [-0.1, -0.05) is 23.7 Å². The van der Waals surface area contributed by atoms with Crippen molar-refractivity contribution in [1.82, 2.24) is 5.32 Å². The highest BCUT2D eigenvalue weighted by Gasteiger charge is 2.40. The average Bonchev–Trinajstić information content (AvgIpc) is 2.95. The van der Waals surface area contributed by atoms with E-state index in [9.17, 15) is 18.0 Å². The third-order valence-corrected chi connectivity index (χ3v) is 4.31. The van der Waals surface area contributed by atoms with Crippen molar-refractivity contribution in [2.24, 2.45) is 0 Å². The second kappa shape index (κ2) is 5.92. The molecule has 1 aromatic heterocycles. The highest BCUT2D eigenvalue weighted by molar-refractivity contribution is 6.30. The lowest BCUT2D eigenvalue weighted by Gasteiger charge is -2.37. The number of nitrogens with one attached hydrogen (secondary N) is 1. The molecule has 0 radical (unpaired) electrons. The van der Waals surface area contributed by atoms with Crippen molar-refractivity contribution in [2.75, 3.05) is 0 Å². The van der Waals surface area contributed by atoms with Crippen molar-refractivity contribution in [3.8, 4) is 0 Å². The van der Waals surface area contributed by atoms with Crippen molar-refractivity contribution in [2.45, 2.75) is 31.0 Å². The number of carbonyl (C=O) groups is 1. The molecule has 1 aliphatic carbocycles. The number of benzene rings is 1. The SMILES string of the molecule is O=C(N[C@H]1CC[C@H]1c1ccc(Cl)cc1)c1ccoc1C(F)(F)F. The van der Waals surface area contributed by atoms with Crippen molar-refractivity contribution in [3.05, 3.63) is 58.5 Å². The molecule has 0 unspecified atom stereocenters. The van der Waals surface area contributed by atoms with Crippen LogP contribution in [0.5, 0.6) is 0 Å². The van der Waals surface area contributed by atoms with E-state index in [0.717, 1.165) is 30.7 Å². The van der Waals surface area contributed by atoms with Gasteiger partial charge in [-0.25, -0.2) is 0 Å². The van der Waals surface area contributed by atoms with Gasteiger partial charge in [0.2, 0.25) is 5.76 Å². The first kappa shape index (κ1) is 15.9. The topological polar surface area (TPSA) is 42.2 Å². The molecule has 1 heterocycles. The first-order chi connectivity index (χ1) is 10.9. The summed E-state index contributed by atoms with van der Waals surface area (Å²) in [5.41, 5.74) is 0.522. The third-order valence-electron chi connectivity index (χ3n) is 4.06. The Morgan fingerprint density at radius 3 is 2.43 bits per heavy atom. The molecule has 0 aliphatic heterocycles. The predicted octanol–water partition coefficient (Wildman–Crippen LogP) is 4.63. The average molecular weight is 344 g/mol. The lowest BCUT2D eigenvalue weighted by atomic mass is 9.75. The number of hydrogen-bond acceptors (Lipinski definition) is 2. The van der Waals surface area contributed by atoms with Crippen LogP contribution in [0.3, 0.4) is 0 Å². The largest absolute Gasteiger partial charge is 0.459 e. The van der Waals surface area contributed by atoms with Gasteiger partial charge in [0.05, 0.1) is 11.8 Å². The Hall–Kier alpha value is -1.95. The maximum absolute atomic E-state index is 12.8. The fraction of sp³-hybridized carbons (Fsp3) is 0.312. The molecule has 1 aliphatic rings. The molecule has 1 amide bonds. The van der Waals surface area contributed by atoms with E-state index in [0.29, 0.717) is 5.02 Å². The van der Waals surface area contributed by atoms with Gasteiger partial charge in [0, 0.05) is 17.0 Å². The molecule has 3 rings (SSSR count). The third kappa shape index (κ3) is 3.22. The predicted molar refractivity (Wildman–Crippen MR) is 78.4 cm³/mol. The molecular weight excluding hydrogens is 331 g/mol. The maximum Gasteiger partial charge on any atom is 0.450 e. The molecule has 23 heavy (non-hydrogen) atoms. The molecule has 0 bridgehead atoms. The molecule has 1 saturated carbocycles. The normalized spacial score (nSPS) is 20.9. The van der Waals surface area contributed by atoms with Gasteiger partial charge in [-0.15, -0.1) is 0 Å². The zero-order valence-corrected chi connectivity index (χ0v) is 12.6. The Labute approximate surface area is 135 Å². The minimum atomic E-state index is -4.69. The quantitative estimate of drug-likeness (QED) is 0.883. The van der Waals surface area contributed by atoms with Crippen molar-refractivity contribution in [3.63, 3.8) is 0 Å². The van der Waals surface area contributed by atoms with Gasteiger partial charge in [0.15, 0.2) is 0 Å². The molecule has 2 aromatic rings. The van der Waals surface area contributed by atoms with E-state index in [1.165, 1.54) is 0 Å². The highest BCUT2D eigenvalue weighted by Crippen LogP contribution is 2.38. The van der Waals surface area contributed by atoms with Crippen LogP contribution in [0.4, 0.5) is 13.2 Å². The maximum atomic E-state index is 12.8. The van der Waals surface area contributed by atoms with E-state index in [1.807, 2.05) is 12.1 Å². The molecule has 3 nitrogen and oxygen atoms in total. The van der Waals surface area contributed by atoms with E-state index in [4.69, 9.17) is 11.6 Å². The fourth-order valence-electron chi connectivity index (χ4n) is 2.74. The summed E-state index contributed by atoms with van der Waals surface area (Å²) in [5, 5.41) is 3.28. The molecule has 122 valence electrons. The minimum Gasteiger partial charge on any atom is -0.459 e. The molecule has 1 N–H and O–H groups in total. The van der Waals surface area contributed by atoms with Crippen LogP contribution in [-0.4, -0.2) is 11.9 Å². The van der Waals surface area contributed by atoms with Crippen LogP contribution in [0.25, 0.3) is 0 Å². The number of amides is 1. The van der Waals surface area contributed by atoms with E-state index in [1.54, 1.807) is 12.1 Å². The monoisotopic (exact) mass is 343 g/mol. The van der Waals surface area contributed by atoms with E-state index < -0.39 is 23.4 Å². The van der Waals surface area contributed by atoms with Crippen LogP contribution in [0, 0.1) is 0 Å². The Bertz CT molecular complexity index is 709. The van der Waals surface area contributed by atoms with E-state index >= 15 is 0 Å². The Balaban J connectivity index is 1.71. The van der Waals surface area contributed by atoms with Crippen LogP contribution < -0.4 is 5.32 Å². The Kier molecular flexibility index (Phi) is 4.10. The summed E-state index contributed by atoms with van der Waals surface area (Å²) >= 11 is 5.84. The lowest BCUT2D eigenvalue weighted by molar-refractivity contribution is -0.153. The molecule has 1 fully saturated rings. The summed E-state index contributed by atoms with van der Waals surface area (Å²) in [6, 6.07) is 8.08. The molecule has 0 spiro atoms. The van der Waals surface area contributed by atoms with Gasteiger partial charge in [-0.3, -0.25) is 4.79 Å². The van der Waals surface area contributed by atoms with Gasteiger partial charge in [-0.2, -0.15) is 13.2 Å². The van der Waals surface area contributed by atoms with Crippen LogP contribution in [0.15, 0.2) is 41.0 Å². The van der Waals surface area contributed by atoms with Crippen LogP contribution in [-0.2, 0) is 6.18 Å². The standard InChI is InChI=1S/C16H13ClF3NO2/c17-10-3-1-9(2-4-10)11-5-6-13(11)21-15(22)12-7-8-23-14(12)16(18,19)20/h1-4,7-8,11,13H,5-6H2,(H,21,22)/t11-,13-/m0/s1. The van der Waals surface area contributed by atoms with Crippen LogP contribution >= 0.6 is 11.6 Å².